The third-order valence-electron chi connectivity index (χ3n) is 1.84. The summed E-state index contributed by atoms with van der Waals surface area (Å²) in [5, 5.41) is 2.95. The van der Waals surface area contributed by atoms with Crippen LogP contribution in [0, 0.1) is 6.92 Å². The minimum Gasteiger partial charge on any atom is -0.365 e. The van der Waals surface area contributed by atoms with E-state index in [4.69, 9.17) is 9.47 Å². The maximum absolute atomic E-state index is 11.1. The third-order valence-corrected chi connectivity index (χ3v) is 1.84. The van der Waals surface area contributed by atoms with Gasteiger partial charge in [0.2, 0.25) is 0 Å². The zero-order chi connectivity index (χ0) is 11.3. The zero-order valence-electron chi connectivity index (χ0n) is 9.03. The number of nitrogens with one attached hydrogen (secondary N) is 2. The van der Waals surface area contributed by atoms with E-state index < -0.39 is 0 Å². The number of hydrogen-bond acceptors (Lipinski definition) is 5. The standard InChI is InChI=1S/C9H15N3O3/c1-6-11-7(4-8(13)12-6)10-5-9(14-2)15-3/h4,9H,5H2,1-3H3,(H2,10,11,12,13). The van der Waals surface area contributed by atoms with Crippen molar-refractivity contribution in [3.63, 3.8) is 0 Å². The minimum atomic E-state index is -0.355. The SMILES string of the molecule is COC(CNc1cc(=O)[nH]c(C)n1)OC. The Kier molecular flexibility index (Phi) is 4.26. The average Bonchev–Trinajstić information content (AvgIpc) is 2.18. The maximum Gasteiger partial charge on any atom is 0.252 e. The predicted molar refractivity (Wildman–Crippen MR) is 55.9 cm³/mol. The summed E-state index contributed by atoms with van der Waals surface area (Å²) in [6.07, 6.45) is -0.355. The van der Waals surface area contributed by atoms with Crippen molar-refractivity contribution in [2.45, 2.75) is 13.2 Å². The molecule has 1 rings (SSSR count). The molecule has 6 nitrogen and oxygen atoms in total. The number of nitrogens with zero attached hydrogens (tertiary/aromatic N) is 1. The summed E-state index contributed by atoms with van der Waals surface area (Å²) >= 11 is 0. The van der Waals surface area contributed by atoms with Gasteiger partial charge < -0.3 is 19.8 Å². The number of aromatic nitrogens is 2. The molecule has 2 N–H and O–H groups in total. The number of H-pyrrole nitrogens is 1. The summed E-state index contributed by atoms with van der Waals surface area (Å²) in [4.78, 5) is 17.8. The largest absolute Gasteiger partial charge is 0.365 e. The number of aromatic amines is 1. The molecular weight excluding hydrogens is 198 g/mol. The molecule has 0 saturated heterocycles. The van der Waals surface area contributed by atoms with Gasteiger partial charge in [0.1, 0.15) is 11.6 Å². The van der Waals surface area contributed by atoms with Gasteiger partial charge in [0.15, 0.2) is 6.29 Å². The van der Waals surface area contributed by atoms with Gasteiger partial charge in [-0.3, -0.25) is 4.79 Å². The number of hydrogen-bond donors (Lipinski definition) is 2. The highest BCUT2D eigenvalue weighted by molar-refractivity contribution is 5.32. The number of ether oxygens (including phenoxy) is 2. The Morgan fingerprint density at radius 1 is 1.53 bits per heavy atom. The van der Waals surface area contributed by atoms with E-state index in [0.29, 0.717) is 18.2 Å². The third kappa shape index (κ3) is 3.69. The molecular formula is C9H15N3O3. The van der Waals surface area contributed by atoms with Crippen LogP contribution < -0.4 is 10.9 Å². The van der Waals surface area contributed by atoms with Crippen LogP contribution in [0.5, 0.6) is 0 Å². The highest BCUT2D eigenvalue weighted by Gasteiger charge is 2.05. The fraction of sp³-hybridized carbons (Fsp3) is 0.556. The molecule has 0 bridgehead atoms. The van der Waals surface area contributed by atoms with Crippen molar-refractivity contribution >= 4 is 5.82 Å². The molecule has 0 saturated carbocycles. The van der Waals surface area contributed by atoms with Crippen LogP contribution in [0.4, 0.5) is 5.82 Å². The molecule has 0 aromatic carbocycles. The lowest BCUT2D eigenvalue weighted by molar-refractivity contribution is -0.0914. The summed E-state index contributed by atoms with van der Waals surface area (Å²) in [5.41, 5.74) is -0.184. The molecule has 6 heteroatoms. The van der Waals surface area contributed by atoms with Gasteiger partial charge in [0, 0.05) is 20.3 Å². The number of aryl methyl sites for hydroxylation is 1. The molecule has 1 aromatic rings. The first-order valence-electron chi connectivity index (χ1n) is 4.53. The van der Waals surface area contributed by atoms with Crippen molar-refractivity contribution in [1.29, 1.82) is 0 Å². The van der Waals surface area contributed by atoms with E-state index >= 15 is 0 Å². The van der Waals surface area contributed by atoms with Crippen LogP contribution in [0.15, 0.2) is 10.9 Å². The molecule has 0 spiro atoms. The quantitative estimate of drug-likeness (QED) is 0.679. The normalized spacial score (nSPS) is 10.7. The Balaban J connectivity index is 2.61. The number of methoxy groups -OCH3 is 2. The van der Waals surface area contributed by atoms with Crippen LogP contribution in [0.25, 0.3) is 0 Å². The van der Waals surface area contributed by atoms with Crippen molar-refractivity contribution in [2.24, 2.45) is 0 Å². The molecule has 1 aromatic heterocycles. The van der Waals surface area contributed by atoms with Gasteiger partial charge >= 0.3 is 0 Å². The van der Waals surface area contributed by atoms with Crippen LogP contribution >= 0.6 is 0 Å². The Hall–Kier alpha value is -1.40. The Morgan fingerprint density at radius 2 is 2.20 bits per heavy atom. The van der Waals surface area contributed by atoms with Crippen molar-refractivity contribution in [3.8, 4) is 0 Å². The molecule has 15 heavy (non-hydrogen) atoms. The van der Waals surface area contributed by atoms with Gasteiger partial charge in [-0.1, -0.05) is 0 Å². The smallest absolute Gasteiger partial charge is 0.252 e. The average molecular weight is 213 g/mol. The van der Waals surface area contributed by atoms with Gasteiger partial charge in [-0.25, -0.2) is 4.98 Å². The lowest BCUT2D eigenvalue weighted by atomic mass is 10.5. The van der Waals surface area contributed by atoms with E-state index in [0.717, 1.165) is 0 Å². The second-order valence-electron chi connectivity index (χ2n) is 3.00. The number of rotatable bonds is 5. The van der Waals surface area contributed by atoms with E-state index in [-0.39, 0.29) is 11.8 Å². The minimum absolute atomic E-state index is 0.184. The van der Waals surface area contributed by atoms with Crippen LogP contribution in [0.3, 0.4) is 0 Å². The Bertz CT molecular complexity index is 360. The first kappa shape index (κ1) is 11.7. The molecule has 0 aliphatic heterocycles. The molecule has 84 valence electrons. The molecule has 1 heterocycles. The highest BCUT2D eigenvalue weighted by Crippen LogP contribution is 1.99. The molecule has 0 aliphatic carbocycles. The molecule has 0 radical (unpaired) electrons. The monoisotopic (exact) mass is 213 g/mol. The van der Waals surface area contributed by atoms with Crippen LogP contribution in [-0.4, -0.2) is 37.0 Å². The van der Waals surface area contributed by atoms with Gasteiger partial charge in [-0.2, -0.15) is 0 Å². The second kappa shape index (κ2) is 5.47. The molecule has 0 amide bonds. The van der Waals surface area contributed by atoms with Crippen LogP contribution in [0.2, 0.25) is 0 Å². The van der Waals surface area contributed by atoms with Crippen molar-refractivity contribution < 1.29 is 9.47 Å². The van der Waals surface area contributed by atoms with Crippen molar-refractivity contribution in [2.75, 3.05) is 26.1 Å². The van der Waals surface area contributed by atoms with Gasteiger partial charge in [-0.15, -0.1) is 0 Å². The summed E-state index contributed by atoms with van der Waals surface area (Å²) in [5.74, 6) is 1.08. The second-order valence-corrected chi connectivity index (χ2v) is 3.00. The molecule has 0 aliphatic rings. The zero-order valence-corrected chi connectivity index (χ0v) is 9.03. The van der Waals surface area contributed by atoms with Crippen molar-refractivity contribution in [3.05, 3.63) is 22.2 Å². The summed E-state index contributed by atoms with van der Waals surface area (Å²) < 4.78 is 9.97. The molecule has 0 atom stereocenters. The van der Waals surface area contributed by atoms with Gasteiger partial charge in [0.25, 0.3) is 5.56 Å². The van der Waals surface area contributed by atoms with E-state index in [2.05, 4.69) is 15.3 Å². The fourth-order valence-corrected chi connectivity index (χ4v) is 1.12. The first-order valence-corrected chi connectivity index (χ1v) is 4.53. The van der Waals surface area contributed by atoms with Crippen LogP contribution in [-0.2, 0) is 9.47 Å². The maximum atomic E-state index is 11.1. The molecule has 0 fully saturated rings. The van der Waals surface area contributed by atoms with Crippen LogP contribution in [0.1, 0.15) is 5.82 Å². The Morgan fingerprint density at radius 3 is 2.73 bits per heavy atom. The summed E-state index contributed by atoms with van der Waals surface area (Å²) in [7, 11) is 3.10. The van der Waals surface area contributed by atoms with Gasteiger partial charge in [0.05, 0.1) is 6.54 Å². The van der Waals surface area contributed by atoms with E-state index in [1.54, 1.807) is 21.1 Å². The Labute approximate surface area is 87.6 Å². The van der Waals surface area contributed by atoms with E-state index in [9.17, 15) is 4.79 Å². The topological polar surface area (TPSA) is 76.2 Å². The van der Waals surface area contributed by atoms with E-state index in [1.165, 1.54) is 6.07 Å². The first-order chi connectivity index (χ1) is 7.15. The highest BCUT2D eigenvalue weighted by atomic mass is 16.7. The summed E-state index contributed by atoms with van der Waals surface area (Å²) in [6.45, 7) is 2.15. The lowest BCUT2D eigenvalue weighted by Crippen LogP contribution is -2.25. The van der Waals surface area contributed by atoms with E-state index in [1.807, 2.05) is 0 Å². The lowest BCUT2D eigenvalue weighted by Gasteiger charge is -2.14. The predicted octanol–water partition coefficient (Wildman–Crippen LogP) is 0.109. The summed E-state index contributed by atoms with van der Waals surface area (Å²) in [6, 6.07) is 1.38. The number of anilines is 1. The molecule has 0 unspecified atom stereocenters. The van der Waals surface area contributed by atoms with Gasteiger partial charge in [-0.05, 0) is 6.92 Å². The fourth-order valence-electron chi connectivity index (χ4n) is 1.12. The van der Waals surface area contributed by atoms with Crippen molar-refractivity contribution in [1.82, 2.24) is 9.97 Å².